The van der Waals surface area contributed by atoms with E-state index in [1.165, 1.54) is 4.90 Å². The number of carbonyl (C=O) groups is 3. The lowest BCUT2D eigenvalue weighted by Crippen LogP contribution is -2.65. The maximum absolute atomic E-state index is 14.5. The van der Waals surface area contributed by atoms with E-state index in [0.29, 0.717) is 47.4 Å². The molecule has 0 bridgehead atoms. The van der Waals surface area contributed by atoms with Gasteiger partial charge in [-0.15, -0.1) is 0 Å². The first-order chi connectivity index (χ1) is 28.7. The quantitative estimate of drug-likeness (QED) is 0.138. The molecule has 2 fully saturated rings. The first kappa shape index (κ1) is 45.9. The highest BCUT2D eigenvalue weighted by Gasteiger charge is 2.50. The van der Waals surface area contributed by atoms with Crippen molar-refractivity contribution in [3.8, 4) is 22.8 Å². The van der Waals surface area contributed by atoms with E-state index in [2.05, 4.69) is 25.1 Å². The zero-order valence-corrected chi connectivity index (χ0v) is 38.2. The number of benzene rings is 3. The summed E-state index contributed by atoms with van der Waals surface area (Å²) >= 11 is 12.7. The Balaban J connectivity index is 1.15. The van der Waals surface area contributed by atoms with Crippen LogP contribution in [0, 0.1) is 0 Å². The van der Waals surface area contributed by atoms with Gasteiger partial charge in [0.1, 0.15) is 34.7 Å². The molecule has 0 spiro atoms. The molecule has 61 heavy (non-hydrogen) atoms. The van der Waals surface area contributed by atoms with E-state index < -0.39 is 35.0 Å². The molecule has 2 aliphatic heterocycles. The van der Waals surface area contributed by atoms with Crippen molar-refractivity contribution in [3.05, 3.63) is 99.9 Å². The number of hydrogen-bond donors (Lipinski definition) is 2. The number of hydrogen-bond acceptors (Lipinski definition) is 9. The van der Waals surface area contributed by atoms with E-state index in [0.717, 1.165) is 34.8 Å². The smallest absolute Gasteiger partial charge is 0.410 e. The minimum Gasteiger partial charge on any atom is -0.457 e. The summed E-state index contributed by atoms with van der Waals surface area (Å²) in [5.74, 6) is 1.47. The van der Waals surface area contributed by atoms with Crippen LogP contribution in [-0.2, 0) is 45.6 Å². The Morgan fingerprint density at radius 2 is 1.70 bits per heavy atom. The van der Waals surface area contributed by atoms with Gasteiger partial charge < -0.3 is 39.2 Å². The van der Waals surface area contributed by atoms with Gasteiger partial charge in [-0.05, 0) is 129 Å². The fraction of sp³-hybridized carbons (Fsp3) is 0.478. The molecule has 0 aliphatic carbocycles. The highest BCUT2D eigenvalue weighted by atomic mass is 35.5. The van der Waals surface area contributed by atoms with E-state index in [1.54, 1.807) is 37.8 Å². The van der Waals surface area contributed by atoms with Crippen molar-refractivity contribution in [2.24, 2.45) is 7.05 Å². The van der Waals surface area contributed by atoms with Crippen LogP contribution in [0.5, 0.6) is 11.5 Å². The molecule has 3 amide bonds. The second kappa shape index (κ2) is 18.8. The maximum atomic E-state index is 14.5. The van der Waals surface area contributed by atoms with Gasteiger partial charge in [-0.3, -0.25) is 14.5 Å². The fourth-order valence-electron chi connectivity index (χ4n) is 7.95. The molecule has 1 unspecified atom stereocenters. The van der Waals surface area contributed by atoms with E-state index in [9.17, 15) is 14.4 Å². The number of nitrogens with one attached hydrogen (secondary N) is 2. The molecule has 0 saturated carbocycles. The van der Waals surface area contributed by atoms with Crippen LogP contribution < -0.4 is 15.4 Å². The molecule has 3 aromatic carbocycles. The van der Waals surface area contributed by atoms with Crippen molar-refractivity contribution in [1.29, 1.82) is 0 Å². The van der Waals surface area contributed by atoms with Gasteiger partial charge in [0.25, 0.3) is 0 Å². The molecule has 2 N–H and O–H groups in total. The van der Waals surface area contributed by atoms with Gasteiger partial charge in [0.2, 0.25) is 11.8 Å². The van der Waals surface area contributed by atoms with Gasteiger partial charge in [-0.2, -0.15) is 0 Å². The summed E-state index contributed by atoms with van der Waals surface area (Å²) in [4.78, 5) is 52.0. The van der Waals surface area contributed by atoms with Crippen LogP contribution in [0.1, 0.15) is 71.3 Å². The van der Waals surface area contributed by atoms with Gasteiger partial charge in [-0.1, -0.05) is 41.4 Å². The molecule has 0 radical (unpaired) electrons. The Morgan fingerprint density at radius 3 is 2.38 bits per heavy atom. The second-order valence-corrected chi connectivity index (χ2v) is 18.8. The first-order valence-electron chi connectivity index (χ1n) is 20.7. The van der Waals surface area contributed by atoms with Gasteiger partial charge in [0.15, 0.2) is 0 Å². The van der Waals surface area contributed by atoms with Crippen molar-refractivity contribution in [3.63, 3.8) is 0 Å². The summed E-state index contributed by atoms with van der Waals surface area (Å²) in [7, 11) is 6.04. The van der Waals surface area contributed by atoms with Crippen LogP contribution in [-0.4, -0.2) is 105 Å². The highest BCUT2D eigenvalue weighted by Crippen LogP contribution is 2.34. The average molecular weight is 877 g/mol. The van der Waals surface area contributed by atoms with Crippen molar-refractivity contribution < 1.29 is 28.6 Å². The maximum Gasteiger partial charge on any atom is 0.410 e. The monoisotopic (exact) mass is 875 g/mol. The van der Waals surface area contributed by atoms with Crippen LogP contribution in [0.4, 0.5) is 4.79 Å². The lowest BCUT2D eigenvalue weighted by Gasteiger charge is -2.44. The third-order valence-corrected chi connectivity index (χ3v) is 11.5. The third-order valence-electron chi connectivity index (χ3n) is 11.0. The number of nitrogens with zero attached hydrogens (tertiary/aromatic N) is 5. The minimum atomic E-state index is -1.07. The molecule has 15 heteroatoms. The van der Waals surface area contributed by atoms with Gasteiger partial charge in [0.05, 0.1) is 36.6 Å². The number of halogens is 2. The zero-order chi connectivity index (χ0) is 44.3. The van der Waals surface area contributed by atoms with Crippen molar-refractivity contribution >= 4 is 41.1 Å². The van der Waals surface area contributed by atoms with Gasteiger partial charge in [0, 0.05) is 47.9 Å². The third kappa shape index (κ3) is 11.4. The second-order valence-electron chi connectivity index (χ2n) is 17.9. The molecule has 328 valence electrons. The number of imidazole rings is 1. The van der Waals surface area contributed by atoms with E-state index in [-0.39, 0.29) is 31.5 Å². The van der Waals surface area contributed by atoms with E-state index in [1.807, 2.05) is 103 Å². The van der Waals surface area contributed by atoms with Gasteiger partial charge in [-0.25, -0.2) is 9.78 Å². The Hall–Kier alpha value is -4.66. The lowest BCUT2D eigenvalue weighted by atomic mass is 9.82. The number of ether oxygens (including phenoxy) is 3. The Labute approximate surface area is 369 Å². The number of piperidine rings is 1. The molecule has 6 rings (SSSR count). The van der Waals surface area contributed by atoms with E-state index >= 15 is 0 Å². The molecule has 13 nitrogen and oxygen atoms in total. The lowest BCUT2D eigenvalue weighted by molar-refractivity contribution is -0.152. The number of amides is 3. The molecule has 1 aromatic heterocycles. The molecule has 3 atom stereocenters. The molecular formula is C46H59Cl2N7O6. The largest absolute Gasteiger partial charge is 0.457 e. The molecule has 2 saturated heterocycles. The number of aromatic nitrogens is 2. The summed E-state index contributed by atoms with van der Waals surface area (Å²) in [5.41, 5.74) is 1.15. The first-order valence-corrected chi connectivity index (χ1v) is 21.4. The summed E-state index contributed by atoms with van der Waals surface area (Å²) in [6, 6.07) is 19.0. The summed E-state index contributed by atoms with van der Waals surface area (Å²) < 4.78 is 20.3. The standard InChI is InChI=1S/C46H59Cl2N7O6/c1-30(49-25-33-13-18-35(48)23-39(33)60-36-19-14-32(15-20-36)37-26-50-40(53(37)9)27-52(7)8)42(57)55-38(28-59-45(55,5)6)41(56)51-46(24-31-11-16-34(47)17-12-31)21-10-22-54(29-46)43(58)61-44(2,3)4/h11-20,23,26,30,38,49H,10,21-22,24-25,27-29H2,1-9H3,(H,51,56)/t30?,38-,46+/m0/s1. The normalized spacial score (nSPS) is 19.5. The summed E-state index contributed by atoms with van der Waals surface area (Å²) in [6.45, 7) is 12.6. The number of carbonyl (C=O) groups excluding carboxylic acids is 3. The van der Waals surface area contributed by atoms with Gasteiger partial charge >= 0.3 is 6.09 Å². The van der Waals surface area contributed by atoms with Crippen molar-refractivity contribution in [2.75, 3.05) is 33.8 Å². The fourth-order valence-corrected chi connectivity index (χ4v) is 8.24. The molecule has 3 heterocycles. The topological polar surface area (TPSA) is 130 Å². The van der Waals surface area contributed by atoms with Crippen LogP contribution in [0.15, 0.2) is 72.9 Å². The minimum absolute atomic E-state index is 0.00982. The Morgan fingerprint density at radius 1 is 1.02 bits per heavy atom. The predicted octanol–water partition coefficient (Wildman–Crippen LogP) is 7.82. The Kier molecular flexibility index (Phi) is 14.1. The highest BCUT2D eigenvalue weighted by molar-refractivity contribution is 6.31. The van der Waals surface area contributed by atoms with Crippen molar-refractivity contribution in [2.45, 2.75) is 103 Å². The predicted molar refractivity (Wildman–Crippen MR) is 238 cm³/mol. The zero-order valence-electron chi connectivity index (χ0n) is 36.7. The summed E-state index contributed by atoms with van der Waals surface area (Å²) in [6.07, 6.45) is 3.14. The van der Waals surface area contributed by atoms with Crippen LogP contribution in [0.2, 0.25) is 10.0 Å². The van der Waals surface area contributed by atoms with Crippen molar-refractivity contribution in [1.82, 2.24) is 34.9 Å². The SMILES string of the molecule is CC(NCc1ccc(Cl)cc1Oc1ccc(-c2cnc(CN(C)C)n2C)cc1)C(=O)N1[C@H](C(=O)N[C@@]2(Cc3ccc(Cl)cc3)CCCN(C(=O)OC(C)(C)C)C2)COC1(C)C. The summed E-state index contributed by atoms with van der Waals surface area (Å²) in [5, 5.41) is 7.77. The van der Waals surface area contributed by atoms with E-state index in [4.69, 9.17) is 37.4 Å². The van der Waals surface area contributed by atoms with Crippen LogP contribution in [0.25, 0.3) is 11.3 Å². The van der Waals surface area contributed by atoms with Crippen LogP contribution >= 0.6 is 23.2 Å². The average Bonchev–Trinajstić information content (AvgIpc) is 3.71. The van der Waals surface area contributed by atoms with Crippen LogP contribution in [0.3, 0.4) is 0 Å². The molecule has 2 aliphatic rings. The number of rotatable bonds is 13. The Bertz CT molecular complexity index is 2190. The number of likely N-dealkylation sites (tertiary alicyclic amines) is 1. The molecular weight excluding hydrogens is 817 g/mol. The molecule has 4 aromatic rings.